The van der Waals surface area contributed by atoms with Crippen LogP contribution < -0.4 is 15.1 Å². The van der Waals surface area contributed by atoms with Gasteiger partial charge in [-0.3, -0.25) is 15.0 Å². The number of alkyl halides is 6. The molecule has 0 unspecified atom stereocenters. The summed E-state index contributed by atoms with van der Waals surface area (Å²) in [5, 5.41) is 9.95. The number of aromatic nitrogens is 2. The third kappa shape index (κ3) is 6.70. The van der Waals surface area contributed by atoms with Crippen molar-refractivity contribution in [3.63, 3.8) is 0 Å². The lowest BCUT2D eigenvalue weighted by atomic mass is 10.1. The molecule has 2 aromatic heterocycles. The normalized spacial score (nSPS) is 17.5. The van der Waals surface area contributed by atoms with Crippen LogP contribution in [0.25, 0.3) is 11.3 Å². The maximum absolute atomic E-state index is 13.4. The molecule has 1 fully saturated rings. The minimum absolute atomic E-state index is 0.0184. The molecule has 4 heterocycles. The monoisotopic (exact) mass is 597 g/mol. The first-order valence-electron chi connectivity index (χ1n) is 12.1. The Hall–Kier alpha value is -4.89. The summed E-state index contributed by atoms with van der Waals surface area (Å²) >= 11 is 0. The quantitative estimate of drug-likeness (QED) is 0.321. The van der Waals surface area contributed by atoms with Gasteiger partial charge in [-0.2, -0.15) is 26.3 Å². The van der Waals surface area contributed by atoms with E-state index in [1.807, 2.05) is 0 Å². The number of pyridine rings is 2. The van der Waals surface area contributed by atoms with E-state index in [9.17, 15) is 35.9 Å². The van der Waals surface area contributed by atoms with Crippen LogP contribution in [-0.2, 0) is 20.5 Å². The highest BCUT2D eigenvalue weighted by atomic mass is 19.4. The van der Waals surface area contributed by atoms with Crippen LogP contribution in [0.3, 0.4) is 0 Å². The molecule has 2 N–H and O–H groups in total. The first-order chi connectivity index (χ1) is 19.6. The standard InChI is InChI=1S/C24H17F6N5O3.C2H4O2/c25-23(26,27)14-5-3-4-13(10-14)15-7-8-16-20(32-15)35(22(37)33-19-6-1-2-9-31-19)17-11-34(16)12-18(17)38-21(36)24(28,29)30;1-2(3)4/h1-10,17-18H,11-12H2,(H,31,33,37);1H3,(H,3,4)/t17-,18+;/m1./s1. The minimum Gasteiger partial charge on any atom is -0.481 e. The summed E-state index contributed by atoms with van der Waals surface area (Å²) in [6, 6.07) is 10.2. The van der Waals surface area contributed by atoms with Gasteiger partial charge in [0, 0.05) is 25.2 Å². The Morgan fingerprint density at radius 3 is 2.33 bits per heavy atom. The molecular formula is C26H21F6N5O5. The van der Waals surface area contributed by atoms with Crippen LogP contribution in [0.4, 0.5) is 48.5 Å². The first kappa shape index (κ1) is 30.1. The highest BCUT2D eigenvalue weighted by molar-refractivity contribution is 6.04. The number of benzene rings is 1. The molecule has 0 spiro atoms. The summed E-state index contributed by atoms with van der Waals surface area (Å²) in [7, 11) is 0. The number of anilines is 3. The lowest BCUT2D eigenvalue weighted by Crippen LogP contribution is -2.52. The lowest BCUT2D eigenvalue weighted by Gasteiger charge is -2.36. The van der Waals surface area contributed by atoms with E-state index in [1.165, 1.54) is 36.5 Å². The Labute approximate surface area is 233 Å². The predicted molar refractivity (Wildman–Crippen MR) is 136 cm³/mol. The van der Waals surface area contributed by atoms with Gasteiger partial charge in [0.05, 0.1) is 29.5 Å². The molecule has 2 amide bonds. The Morgan fingerprint density at radius 1 is 1.00 bits per heavy atom. The molecule has 5 rings (SSSR count). The van der Waals surface area contributed by atoms with Gasteiger partial charge in [0.25, 0.3) is 5.97 Å². The van der Waals surface area contributed by atoms with Crippen molar-refractivity contribution in [3.8, 4) is 11.3 Å². The van der Waals surface area contributed by atoms with E-state index in [4.69, 9.17) is 14.6 Å². The summed E-state index contributed by atoms with van der Waals surface area (Å²) in [6.45, 7) is 0.959. The molecule has 1 saturated heterocycles. The van der Waals surface area contributed by atoms with Gasteiger partial charge in [-0.05, 0) is 36.4 Å². The highest BCUT2D eigenvalue weighted by Crippen LogP contribution is 2.42. The molecule has 2 aliphatic rings. The van der Waals surface area contributed by atoms with Gasteiger partial charge in [0.1, 0.15) is 11.9 Å². The van der Waals surface area contributed by atoms with E-state index in [2.05, 4.69) is 15.3 Å². The number of nitrogens with zero attached hydrogens (tertiary/aromatic N) is 4. The van der Waals surface area contributed by atoms with Crippen molar-refractivity contribution in [2.24, 2.45) is 0 Å². The third-order valence-electron chi connectivity index (χ3n) is 6.09. The molecule has 2 atom stereocenters. The van der Waals surface area contributed by atoms with Crippen LogP contribution in [0.1, 0.15) is 12.5 Å². The number of rotatable bonds is 3. The number of hydrogen-bond acceptors (Lipinski definition) is 7. The van der Waals surface area contributed by atoms with Gasteiger partial charge >= 0.3 is 24.4 Å². The lowest BCUT2D eigenvalue weighted by molar-refractivity contribution is -0.204. The van der Waals surface area contributed by atoms with Crippen molar-refractivity contribution in [2.45, 2.75) is 31.4 Å². The van der Waals surface area contributed by atoms with Crippen molar-refractivity contribution < 1.29 is 50.6 Å². The van der Waals surface area contributed by atoms with Gasteiger partial charge in [-0.15, -0.1) is 0 Å². The summed E-state index contributed by atoms with van der Waals surface area (Å²) in [6.07, 6.45) is -9.78. The smallest absolute Gasteiger partial charge is 0.481 e. The second-order valence-corrected chi connectivity index (χ2v) is 9.07. The SMILES string of the molecule is CC(=O)O.O=C(Nc1ccccn1)N1c2nc(-c3cccc(C(F)(F)F)c3)ccc2N2C[C@H](OC(=O)C(F)(F)F)[C@H]1C2. The molecule has 0 radical (unpaired) electrons. The Bertz CT molecular complexity index is 1480. The predicted octanol–water partition coefficient (Wildman–Crippen LogP) is 4.97. The molecular weight excluding hydrogens is 576 g/mol. The van der Waals surface area contributed by atoms with Crippen LogP contribution in [-0.4, -0.2) is 64.5 Å². The zero-order valence-corrected chi connectivity index (χ0v) is 21.5. The van der Waals surface area contributed by atoms with Crippen molar-refractivity contribution in [3.05, 3.63) is 66.4 Å². The topological polar surface area (TPSA) is 125 Å². The zero-order valence-electron chi connectivity index (χ0n) is 21.5. The molecule has 222 valence electrons. The van der Waals surface area contributed by atoms with E-state index in [1.54, 1.807) is 17.0 Å². The molecule has 2 bridgehead atoms. The van der Waals surface area contributed by atoms with Crippen LogP contribution in [0.5, 0.6) is 0 Å². The number of carboxylic acid groups (broad SMARTS) is 1. The van der Waals surface area contributed by atoms with E-state index in [-0.39, 0.29) is 36.0 Å². The number of urea groups is 1. The van der Waals surface area contributed by atoms with Crippen molar-refractivity contribution >= 4 is 35.3 Å². The molecule has 16 heteroatoms. The molecule has 0 saturated carbocycles. The van der Waals surface area contributed by atoms with Crippen molar-refractivity contribution in [1.82, 2.24) is 9.97 Å². The molecule has 1 aromatic carbocycles. The van der Waals surface area contributed by atoms with Gasteiger partial charge in [-0.25, -0.2) is 19.6 Å². The van der Waals surface area contributed by atoms with Crippen molar-refractivity contribution in [2.75, 3.05) is 28.2 Å². The molecule has 2 aliphatic heterocycles. The summed E-state index contributed by atoms with van der Waals surface area (Å²) in [5.41, 5.74) is -0.363. The number of carbonyl (C=O) groups excluding carboxylic acids is 2. The first-order valence-corrected chi connectivity index (χ1v) is 12.1. The van der Waals surface area contributed by atoms with Gasteiger partial charge in [-0.1, -0.05) is 18.2 Å². The minimum atomic E-state index is -5.24. The third-order valence-corrected chi connectivity index (χ3v) is 6.09. The zero-order chi connectivity index (χ0) is 30.8. The second kappa shape index (κ2) is 11.5. The van der Waals surface area contributed by atoms with E-state index < -0.39 is 48.0 Å². The van der Waals surface area contributed by atoms with Crippen molar-refractivity contribution in [1.29, 1.82) is 0 Å². The maximum Gasteiger partial charge on any atom is 0.490 e. The molecule has 0 aliphatic carbocycles. The fraction of sp³-hybridized carbons (Fsp3) is 0.269. The Morgan fingerprint density at radius 2 is 1.71 bits per heavy atom. The van der Waals surface area contributed by atoms with Crippen LogP contribution in [0, 0.1) is 0 Å². The second-order valence-electron chi connectivity index (χ2n) is 9.07. The van der Waals surface area contributed by atoms with E-state index in [0.29, 0.717) is 5.69 Å². The fourth-order valence-corrected chi connectivity index (χ4v) is 4.41. The number of carboxylic acids is 1. The Balaban J connectivity index is 0.000000952. The van der Waals surface area contributed by atoms with E-state index in [0.717, 1.165) is 24.0 Å². The number of fused-ring (bicyclic) bond motifs is 4. The molecule has 3 aromatic rings. The number of carbonyl (C=O) groups is 3. The molecule has 10 nitrogen and oxygen atoms in total. The van der Waals surface area contributed by atoms with Crippen LogP contribution >= 0.6 is 0 Å². The van der Waals surface area contributed by atoms with Crippen LogP contribution in [0.2, 0.25) is 0 Å². The average Bonchev–Trinajstić information content (AvgIpc) is 3.25. The van der Waals surface area contributed by atoms with Gasteiger partial charge < -0.3 is 14.7 Å². The summed E-state index contributed by atoms with van der Waals surface area (Å²) < 4.78 is 83.3. The number of amides is 2. The number of ether oxygens (including phenoxy) is 1. The average molecular weight is 597 g/mol. The fourth-order valence-electron chi connectivity index (χ4n) is 4.41. The van der Waals surface area contributed by atoms with Gasteiger partial charge in [0.2, 0.25) is 0 Å². The number of nitrogens with one attached hydrogen (secondary N) is 1. The Kier molecular flexibility index (Phi) is 8.26. The largest absolute Gasteiger partial charge is 0.490 e. The number of esters is 1. The highest BCUT2D eigenvalue weighted by Gasteiger charge is 2.51. The molecule has 42 heavy (non-hydrogen) atoms. The maximum atomic E-state index is 13.4. The van der Waals surface area contributed by atoms with E-state index >= 15 is 0 Å². The van der Waals surface area contributed by atoms with Crippen LogP contribution in [0.15, 0.2) is 60.8 Å². The summed E-state index contributed by atoms with van der Waals surface area (Å²) in [4.78, 5) is 45.1. The van der Waals surface area contributed by atoms with Gasteiger partial charge in [0.15, 0.2) is 5.82 Å². The number of hydrogen-bond donors (Lipinski definition) is 2. The number of halogens is 6. The number of aliphatic carboxylic acids is 1. The summed E-state index contributed by atoms with van der Waals surface area (Å²) in [5.74, 6) is -3.12.